The lowest BCUT2D eigenvalue weighted by atomic mass is 10.2. The predicted molar refractivity (Wildman–Crippen MR) is 53.6 cm³/mol. The van der Waals surface area contributed by atoms with Gasteiger partial charge in [0.05, 0.1) is 0 Å². The van der Waals surface area contributed by atoms with E-state index < -0.39 is 6.10 Å². The standard InChI is InChI=1S/C7H13IN2O/c8-3-6(9)7(11)4-10-5-1-2-5/h5,7,9-11H,1-4H2. The van der Waals surface area contributed by atoms with Gasteiger partial charge in [0.1, 0.15) is 6.10 Å². The first-order valence-corrected chi connectivity index (χ1v) is 5.31. The Morgan fingerprint density at radius 3 is 2.82 bits per heavy atom. The normalized spacial score (nSPS) is 19.8. The summed E-state index contributed by atoms with van der Waals surface area (Å²) in [6.07, 6.45) is 1.88. The highest BCUT2D eigenvalue weighted by Gasteiger charge is 2.21. The molecule has 64 valence electrons. The van der Waals surface area contributed by atoms with E-state index in [0.717, 1.165) is 0 Å². The molecule has 0 saturated heterocycles. The fourth-order valence-electron chi connectivity index (χ4n) is 0.778. The second-order valence-corrected chi connectivity index (χ2v) is 3.62. The zero-order valence-corrected chi connectivity index (χ0v) is 8.47. The molecule has 0 aliphatic heterocycles. The molecular formula is C7H13IN2O. The summed E-state index contributed by atoms with van der Waals surface area (Å²) in [5.74, 6) is 0. The summed E-state index contributed by atoms with van der Waals surface area (Å²) >= 11 is 2.09. The zero-order valence-electron chi connectivity index (χ0n) is 6.31. The molecule has 0 radical (unpaired) electrons. The van der Waals surface area contributed by atoms with Gasteiger partial charge < -0.3 is 15.8 Å². The molecule has 1 saturated carbocycles. The maximum absolute atomic E-state index is 9.30. The number of halogens is 1. The summed E-state index contributed by atoms with van der Waals surface area (Å²) in [6, 6.07) is 0.617. The van der Waals surface area contributed by atoms with Crippen molar-refractivity contribution in [1.82, 2.24) is 5.32 Å². The zero-order chi connectivity index (χ0) is 8.27. The maximum Gasteiger partial charge on any atom is 0.105 e. The van der Waals surface area contributed by atoms with Gasteiger partial charge in [0, 0.05) is 22.7 Å². The molecule has 0 heterocycles. The van der Waals surface area contributed by atoms with E-state index in [1.54, 1.807) is 0 Å². The Balaban J connectivity index is 2.08. The Hall–Kier alpha value is 0.320. The quantitative estimate of drug-likeness (QED) is 0.387. The van der Waals surface area contributed by atoms with Crippen molar-refractivity contribution >= 4 is 28.3 Å². The molecule has 1 fully saturated rings. The summed E-state index contributed by atoms with van der Waals surface area (Å²) in [5.41, 5.74) is 0.416. The molecule has 3 nitrogen and oxygen atoms in total. The van der Waals surface area contributed by atoms with Crippen LogP contribution in [-0.2, 0) is 0 Å². The Morgan fingerprint density at radius 1 is 1.73 bits per heavy atom. The van der Waals surface area contributed by atoms with Gasteiger partial charge >= 0.3 is 0 Å². The summed E-state index contributed by atoms with van der Waals surface area (Å²) < 4.78 is 0.616. The van der Waals surface area contributed by atoms with Crippen LogP contribution in [0.25, 0.3) is 0 Å². The van der Waals surface area contributed by atoms with Gasteiger partial charge in [-0.25, -0.2) is 0 Å². The predicted octanol–water partition coefficient (Wildman–Crippen LogP) is 0.554. The summed E-state index contributed by atoms with van der Waals surface area (Å²) in [6.45, 7) is 0.548. The van der Waals surface area contributed by atoms with Gasteiger partial charge in [-0.05, 0) is 12.8 Å². The topological polar surface area (TPSA) is 56.1 Å². The molecule has 1 atom stereocenters. The van der Waals surface area contributed by atoms with Gasteiger partial charge in [-0.3, -0.25) is 0 Å². The van der Waals surface area contributed by atoms with Gasteiger partial charge in [-0.1, -0.05) is 22.6 Å². The van der Waals surface area contributed by atoms with Crippen LogP contribution >= 0.6 is 22.6 Å². The summed E-state index contributed by atoms with van der Waals surface area (Å²) in [7, 11) is 0. The molecule has 0 aromatic rings. The van der Waals surface area contributed by atoms with Crippen molar-refractivity contribution in [2.24, 2.45) is 0 Å². The van der Waals surface area contributed by atoms with Crippen LogP contribution in [0.3, 0.4) is 0 Å². The van der Waals surface area contributed by atoms with Gasteiger partial charge in [0.25, 0.3) is 0 Å². The highest BCUT2D eigenvalue weighted by Crippen LogP contribution is 2.18. The highest BCUT2D eigenvalue weighted by atomic mass is 127. The van der Waals surface area contributed by atoms with Crippen LogP contribution in [0.15, 0.2) is 0 Å². The molecule has 1 unspecified atom stereocenters. The number of alkyl halides is 1. The lowest BCUT2D eigenvalue weighted by Crippen LogP contribution is -2.34. The number of aliphatic hydroxyl groups excluding tert-OH is 1. The minimum absolute atomic E-state index is 0.416. The molecule has 4 heteroatoms. The van der Waals surface area contributed by atoms with Crippen molar-refractivity contribution in [2.45, 2.75) is 25.0 Å². The summed E-state index contributed by atoms with van der Waals surface area (Å²) in [4.78, 5) is 0. The summed E-state index contributed by atoms with van der Waals surface area (Å²) in [5, 5.41) is 19.8. The van der Waals surface area contributed by atoms with Gasteiger partial charge in [0.2, 0.25) is 0 Å². The van der Waals surface area contributed by atoms with E-state index in [-0.39, 0.29) is 0 Å². The third-order valence-electron chi connectivity index (χ3n) is 1.72. The molecular weight excluding hydrogens is 255 g/mol. The van der Waals surface area contributed by atoms with Crippen LogP contribution < -0.4 is 5.32 Å². The van der Waals surface area contributed by atoms with E-state index in [0.29, 0.717) is 22.7 Å². The number of rotatable bonds is 5. The minimum atomic E-state index is -0.576. The van der Waals surface area contributed by atoms with Crippen molar-refractivity contribution < 1.29 is 5.11 Å². The van der Waals surface area contributed by atoms with Gasteiger partial charge in [-0.15, -0.1) is 0 Å². The Bertz CT molecular complexity index is 147. The SMILES string of the molecule is N=C(CI)C(O)CNC1CC1. The first-order valence-electron chi connectivity index (χ1n) is 3.78. The average Bonchev–Trinajstić information content (AvgIpc) is 2.81. The Kier molecular flexibility index (Phi) is 3.74. The molecule has 0 amide bonds. The first kappa shape index (κ1) is 9.41. The van der Waals surface area contributed by atoms with Crippen LogP contribution in [0, 0.1) is 5.41 Å². The van der Waals surface area contributed by atoms with E-state index in [2.05, 4.69) is 27.9 Å². The smallest absolute Gasteiger partial charge is 0.105 e. The average molecular weight is 268 g/mol. The number of hydrogen-bond acceptors (Lipinski definition) is 3. The van der Waals surface area contributed by atoms with E-state index in [9.17, 15) is 5.11 Å². The first-order chi connectivity index (χ1) is 5.24. The van der Waals surface area contributed by atoms with Crippen molar-refractivity contribution in [2.75, 3.05) is 11.0 Å². The molecule has 1 aliphatic carbocycles. The van der Waals surface area contributed by atoms with E-state index in [1.807, 2.05) is 0 Å². The van der Waals surface area contributed by atoms with Crippen molar-refractivity contribution in [3.8, 4) is 0 Å². The molecule has 0 bridgehead atoms. The third kappa shape index (κ3) is 3.48. The lowest BCUT2D eigenvalue weighted by molar-refractivity contribution is 0.235. The number of nitrogens with one attached hydrogen (secondary N) is 2. The number of hydrogen-bond donors (Lipinski definition) is 3. The number of aliphatic hydroxyl groups is 1. The van der Waals surface area contributed by atoms with Crippen LogP contribution in [-0.4, -0.2) is 33.9 Å². The fourth-order valence-corrected chi connectivity index (χ4v) is 1.29. The molecule has 3 N–H and O–H groups in total. The second kappa shape index (κ2) is 4.37. The highest BCUT2D eigenvalue weighted by molar-refractivity contribution is 14.1. The van der Waals surface area contributed by atoms with Crippen LogP contribution in [0.2, 0.25) is 0 Å². The van der Waals surface area contributed by atoms with E-state index in [4.69, 9.17) is 5.41 Å². The lowest BCUT2D eigenvalue weighted by Gasteiger charge is -2.10. The Morgan fingerprint density at radius 2 is 2.36 bits per heavy atom. The molecule has 1 rings (SSSR count). The van der Waals surface area contributed by atoms with Crippen molar-refractivity contribution in [3.05, 3.63) is 0 Å². The van der Waals surface area contributed by atoms with Gasteiger partial charge in [-0.2, -0.15) is 0 Å². The van der Waals surface area contributed by atoms with Crippen molar-refractivity contribution in [1.29, 1.82) is 5.41 Å². The van der Waals surface area contributed by atoms with E-state index in [1.165, 1.54) is 12.8 Å². The maximum atomic E-state index is 9.30. The monoisotopic (exact) mass is 268 g/mol. The fraction of sp³-hybridized carbons (Fsp3) is 0.857. The third-order valence-corrected chi connectivity index (χ3v) is 2.55. The molecule has 0 spiro atoms. The minimum Gasteiger partial charge on any atom is -0.386 e. The van der Waals surface area contributed by atoms with Gasteiger partial charge in [0.15, 0.2) is 0 Å². The van der Waals surface area contributed by atoms with Crippen LogP contribution in [0.4, 0.5) is 0 Å². The molecule has 11 heavy (non-hydrogen) atoms. The van der Waals surface area contributed by atoms with E-state index >= 15 is 0 Å². The van der Waals surface area contributed by atoms with Crippen molar-refractivity contribution in [3.63, 3.8) is 0 Å². The molecule has 1 aliphatic rings. The molecule has 0 aromatic carbocycles. The van der Waals surface area contributed by atoms with Crippen LogP contribution in [0.1, 0.15) is 12.8 Å². The Labute approximate surface area is 80.2 Å². The second-order valence-electron chi connectivity index (χ2n) is 2.86. The molecule has 0 aromatic heterocycles. The largest absolute Gasteiger partial charge is 0.386 e. The van der Waals surface area contributed by atoms with Crippen LogP contribution in [0.5, 0.6) is 0 Å².